The summed E-state index contributed by atoms with van der Waals surface area (Å²) in [6, 6.07) is 7.23. The molecule has 36 heavy (non-hydrogen) atoms. The summed E-state index contributed by atoms with van der Waals surface area (Å²) in [6.45, 7) is 0.165. The summed E-state index contributed by atoms with van der Waals surface area (Å²) in [6.07, 6.45) is 3.79. The van der Waals surface area contributed by atoms with Gasteiger partial charge < -0.3 is 38.5 Å². The zero-order chi connectivity index (χ0) is 25.4. The molecule has 0 spiro atoms. The van der Waals surface area contributed by atoms with Crippen molar-refractivity contribution in [2.75, 3.05) is 41.3 Å². The van der Waals surface area contributed by atoms with Gasteiger partial charge in [-0.2, -0.15) is 0 Å². The van der Waals surface area contributed by atoms with Crippen LogP contribution in [0.15, 0.2) is 24.3 Å². The molecule has 1 aliphatic carbocycles. The van der Waals surface area contributed by atoms with Crippen molar-refractivity contribution in [1.29, 1.82) is 0 Å². The number of amides is 1. The number of alkyl carbamates (subject to hydrolysis) is 1. The number of nitrogens with one attached hydrogen (secondary N) is 1. The highest BCUT2D eigenvalue weighted by Crippen LogP contribution is 2.56. The van der Waals surface area contributed by atoms with E-state index in [1.807, 2.05) is 18.2 Å². The minimum atomic E-state index is -0.776. The SMILES string of the molecule is C#CCNC(=O)O[C@@H]1c2cc3c(cc2[C@@H](c2cc(OC)c(OC)c(OC)c2)[C@H]2C(=O)OC[C@@H]21)OCO3. The Morgan fingerprint density at radius 2 is 1.69 bits per heavy atom. The fourth-order valence-corrected chi connectivity index (χ4v) is 5.22. The summed E-state index contributed by atoms with van der Waals surface area (Å²) in [5, 5.41) is 2.51. The molecule has 0 saturated carbocycles. The number of ether oxygens (including phenoxy) is 7. The Morgan fingerprint density at radius 3 is 2.31 bits per heavy atom. The van der Waals surface area contributed by atoms with Crippen molar-refractivity contribution in [3.05, 3.63) is 41.0 Å². The molecule has 188 valence electrons. The lowest BCUT2D eigenvalue weighted by Crippen LogP contribution is -2.38. The van der Waals surface area contributed by atoms with Crippen LogP contribution in [0.2, 0.25) is 0 Å². The van der Waals surface area contributed by atoms with Gasteiger partial charge in [-0.05, 0) is 35.4 Å². The van der Waals surface area contributed by atoms with Gasteiger partial charge in [-0.15, -0.1) is 6.42 Å². The second-order valence-electron chi connectivity index (χ2n) is 8.47. The van der Waals surface area contributed by atoms with Crippen LogP contribution in [0.5, 0.6) is 28.7 Å². The van der Waals surface area contributed by atoms with Gasteiger partial charge in [0.25, 0.3) is 0 Å². The van der Waals surface area contributed by atoms with Gasteiger partial charge in [-0.3, -0.25) is 4.79 Å². The third-order valence-corrected chi connectivity index (χ3v) is 6.73. The van der Waals surface area contributed by atoms with E-state index >= 15 is 0 Å². The van der Waals surface area contributed by atoms with E-state index in [9.17, 15) is 9.59 Å². The van der Waals surface area contributed by atoms with Crippen LogP contribution in [0.3, 0.4) is 0 Å². The van der Waals surface area contributed by atoms with E-state index < -0.39 is 30.0 Å². The first-order valence-corrected chi connectivity index (χ1v) is 11.3. The molecule has 1 saturated heterocycles. The maximum Gasteiger partial charge on any atom is 0.408 e. The molecular formula is C26H25NO9. The molecule has 2 aliphatic heterocycles. The van der Waals surface area contributed by atoms with Gasteiger partial charge in [0.1, 0.15) is 6.10 Å². The van der Waals surface area contributed by atoms with E-state index in [4.69, 9.17) is 39.6 Å². The molecule has 2 aromatic carbocycles. The normalized spacial score (nSPS) is 23.0. The lowest BCUT2D eigenvalue weighted by atomic mass is 9.66. The number of fused-ring (bicyclic) bond motifs is 3. The maximum atomic E-state index is 13.1. The van der Waals surface area contributed by atoms with Gasteiger partial charge in [0.05, 0.1) is 40.4 Å². The molecule has 5 rings (SSSR count). The third kappa shape index (κ3) is 3.77. The quantitative estimate of drug-likeness (QED) is 0.478. The van der Waals surface area contributed by atoms with Crippen molar-refractivity contribution < 1.29 is 42.7 Å². The van der Waals surface area contributed by atoms with Gasteiger partial charge in [0, 0.05) is 17.4 Å². The molecule has 2 heterocycles. The van der Waals surface area contributed by atoms with Crippen molar-refractivity contribution in [3.63, 3.8) is 0 Å². The Morgan fingerprint density at radius 1 is 1.03 bits per heavy atom. The van der Waals surface area contributed by atoms with Gasteiger partial charge in [-0.1, -0.05) is 5.92 Å². The number of hydrogen-bond donors (Lipinski definition) is 1. The molecule has 10 heteroatoms. The molecule has 3 aliphatic rings. The van der Waals surface area contributed by atoms with Gasteiger partial charge in [0.15, 0.2) is 23.0 Å². The van der Waals surface area contributed by atoms with Crippen LogP contribution in [0, 0.1) is 24.2 Å². The predicted octanol–water partition coefficient (Wildman–Crippen LogP) is 2.78. The van der Waals surface area contributed by atoms with Crippen LogP contribution in [0.1, 0.15) is 28.7 Å². The molecule has 1 amide bonds. The summed E-state index contributed by atoms with van der Waals surface area (Å²) >= 11 is 0. The van der Waals surface area contributed by atoms with Gasteiger partial charge in [-0.25, -0.2) is 4.79 Å². The van der Waals surface area contributed by atoms with Crippen LogP contribution >= 0.6 is 0 Å². The fraction of sp³-hybridized carbons (Fsp3) is 0.385. The number of cyclic esters (lactones) is 1. The fourth-order valence-electron chi connectivity index (χ4n) is 5.22. The lowest BCUT2D eigenvalue weighted by Gasteiger charge is -2.38. The Hall–Kier alpha value is -4.26. The van der Waals surface area contributed by atoms with Crippen molar-refractivity contribution in [2.45, 2.75) is 12.0 Å². The first-order chi connectivity index (χ1) is 17.5. The largest absolute Gasteiger partial charge is 0.493 e. The molecule has 0 aromatic heterocycles. The van der Waals surface area contributed by atoms with Crippen LogP contribution in [0.4, 0.5) is 4.79 Å². The van der Waals surface area contributed by atoms with Gasteiger partial charge >= 0.3 is 12.1 Å². The van der Waals surface area contributed by atoms with Crippen LogP contribution < -0.4 is 29.0 Å². The Bertz CT molecular complexity index is 1230. The molecular weight excluding hydrogens is 470 g/mol. The standard InChI is InChI=1S/C26H25NO9/c1-5-6-27-26(29)36-23-15-10-18-17(34-12-35-18)9-14(15)21(22-16(23)11-33-25(22)28)13-7-19(30-2)24(32-4)20(8-13)31-3/h1,7-10,16,21-23H,6,11-12H2,2-4H3,(H,27,29)/t16-,21+,22-,23+/m0/s1. The molecule has 0 unspecified atom stereocenters. The molecule has 10 nitrogen and oxygen atoms in total. The number of rotatable bonds is 6. The van der Waals surface area contributed by atoms with Crippen molar-refractivity contribution in [2.24, 2.45) is 11.8 Å². The number of carbonyl (C=O) groups excluding carboxylic acids is 2. The van der Waals surface area contributed by atoms with Gasteiger partial charge in [0.2, 0.25) is 12.5 Å². The number of esters is 1. The van der Waals surface area contributed by atoms with Crippen LogP contribution in [-0.2, 0) is 14.3 Å². The van der Waals surface area contributed by atoms with E-state index in [1.165, 1.54) is 21.3 Å². The maximum absolute atomic E-state index is 13.1. The Balaban J connectivity index is 1.69. The second kappa shape index (κ2) is 9.41. The average molecular weight is 495 g/mol. The lowest BCUT2D eigenvalue weighted by molar-refractivity contribution is -0.141. The summed E-state index contributed by atoms with van der Waals surface area (Å²) < 4.78 is 39.1. The topological polar surface area (TPSA) is 111 Å². The Kier molecular flexibility index (Phi) is 6.14. The molecule has 1 fully saturated rings. The average Bonchev–Trinajstić information content (AvgIpc) is 3.51. The number of benzene rings is 2. The van der Waals surface area contributed by atoms with E-state index in [1.54, 1.807) is 6.07 Å². The van der Waals surface area contributed by atoms with E-state index in [0.29, 0.717) is 34.3 Å². The molecule has 0 bridgehead atoms. The van der Waals surface area contributed by atoms with Crippen LogP contribution in [-0.4, -0.2) is 53.3 Å². The highest BCUT2D eigenvalue weighted by Gasteiger charge is 2.54. The third-order valence-electron chi connectivity index (χ3n) is 6.73. The molecule has 0 radical (unpaired) electrons. The highest BCUT2D eigenvalue weighted by molar-refractivity contribution is 5.79. The zero-order valence-corrected chi connectivity index (χ0v) is 20.0. The summed E-state index contributed by atoms with van der Waals surface area (Å²) in [4.78, 5) is 25.6. The number of carbonyl (C=O) groups is 2. The van der Waals surface area contributed by atoms with Crippen molar-refractivity contribution in [1.82, 2.24) is 5.32 Å². The van der Waals surface area contributed by atoms with Crippen molar-refractivity contribution >= 4 is 12.1 Å². The molecule has 2 aromatic rings. The Labute approximate surface area is 207 Å². The predicted molar refractivity (Wildman–Crippen MR) is 125 cm³/mol. The summed E-state index contributed by atoms with van der Waals surface area (Å²) in [5.41, 5.74) is 2.17. The van der Waals surface area contributed by atoms with Crippen LogP contribution in [0.25, 0.3) is 0 Å². The zero-order valence-electron chi connectivity index (χ0n) is 20.0. The number of terminal acetylenes is 1. The number of methoxy groups -OCH3 is 3. The minimum Gasteiger partial charge on any atom is -0.493 e. The minimum absolute atomic E-state index is 0.0110. The smallest absolute Gasteiger partial charge is 0.408 e. The first kappa shape index (κ1) is 23.5. The number of hydrogen-bond acceptors (Lipinski definition) is 9. The molecule has 4 atom stereocenters. The molecule has 1 N–H and O–H groups in total. The summed E-state index contributed by atoms with van der Waals surface area (Å²) in [7, 11) is 4.58. The second-order valence-corrected chi connectivity index (χ2v) is 8.47. The van der Waals surface area contributed by atoms with E-state index in [0.717, 1.165) is 11.1 Å². The van der Waals surface area contributed by atoms with E-state index in [2.05, 4.69) is 11.2 Å². The monoisotopic (exact) mass is 495 g/mol. The first-order valence-electron chi connectivity index (χ1n) is 11.3. The van der Waals surface area contributed by atoms with Crippen molar-refractivity contribution in [3.8, 4) is 41.1 Å². The summed E-state index contributed by atoms with van der Waals surface area (Å²) in [5.74, 6) is 2.77. The van der Waals surface area contributed by atoms with E-state index in [-0.39, 0.29) is 25.9 Å². The highest BCUT2D eigenvalue weighted by atomic mass is 16.7.